The molecule has 0 bridgehead atoms. The molecule has 7 heteroatoms. The molecule has 1 aromatic carbocycles. The van der Waals surface area contributed by atoms with E-state index in [1.165, 1.54) is 4.90 Å². The molecule has 1 N–H and O–H groups in total. The number of amides is 1. The molecule has 0 aliphatic heterocycles. The number of carbonyl (C=O) groups is 1. The highest BCUT2D eigenvalue weighted by atomic mass is 16.5. The quantitative estimate of drug-likeness (QED) is 0.840. The van der Waals surface area contributed by atoms with Crippen LogP contribution in [0.4, 0.5) is 5.69 Å². The molecule has 0 fully saturated rings. The van der Waals surface area contributed by atoms with E-state index in [1.54, 1.807) is 14.1 Å². The first kappa shape index (κ1) is 17.8. The van der Waals surface area contributed by atoms with Gasteiger partial charge in [0.15, 0.2) is 12.4 Å². The van der Waals surface area contributed by atoms with Crippen molar-refractivity contribution in [1.82, 2.24) is 15.0 Å². The van der Waals surface area contributed by atoms with Gasteiger partial charge in [0.05, 0.1) is 0 Å². The van der Waals surface area contributed by atoms with E-state index >= 15 is 0 Å². The summed E-state index contributed by atoms with van der Waals surface area (Å²) in [5.41, 5.74) is 0.901. The van der Waals surface area contributed by atoms with E-state index in [9.17, 15) is 4.79 Å². The van der Waals surface area contributed by atoms with Crippen molar-refractivity contribution >= 4 is 11.6 Å². The van der Waals surface area contributed by atoms with E-state index in [-0.39, 0.29) is 24.5 Å². The van der Waals surface area contributed by atoms with Gasteiger partial charge in [0, 0.05) is 25.7 Å². The van der Waals surface area contributed by atoms with E-state index in [0.717, 1.165) is 5.69 Å². The zero-order chi connectivity index (χ0) is 17.7. The third-order valence-corrected chi connectivity index (χ3v) is 3.44. The molecule has 1 atom stereocenters. The van der Waals surface area contributed by atoms with Gasteiger partial charge in [0.1, 0.15) is 11.8 Å². The number of benzene rings is 1. The van der Waals surface area contributed by atoms with Crippen molar-refractivity contribution in [3.8, 4) is 5.75 Å². The number of aromatic nitrogens is 2. The number of nitrogens with one attached hydrogen (secondary N) is 1. The molecule has 1 amide bonds. The fraction of sp³-hybridized carbons (Fsp3) is 0.471. The van der Waals surface area contributed by atoms with Crippen LogP contribution in [0.5, 0.6) is 5.75 Å². The highest BCUT2D eigenvalue weighted by Crippen LogP contribution is 2.22. The van der Waals surface area contributed by atoms with E-state index < -0.39 is 0 Å². The minimum absolute atomic E-state index is 0.0240. The van der Waals surface area contributed by atoms with Crippen molar-refractivity contribution in [2.45, 2.75) is 32.7 Å². The Hall–Kier alpha value is -2.57. The summed E-state index contributed by atoms with van der Waals surface area (Å²) in [6.45, 7) is 6.02. The van der Waals surface area contributed by atoms with Crippen LogP contribution in [-0.4, -0.2) is 41.6 Å². The summed E-state index contributed by atoms with van der Waals surface area (Å²) in [4.78, 5) is 17.4. The van der Waals surface area contributed by atoms with Gasteiger partial charge in [-0.1, -0.05) is 19.0 Å². The molecule has 0 radical (unpaired) electrons. The van der Waals surface area contributed by atoms with Crippen LogP contribution >= 0.6 is 0 Å². The second-order valence-corrected chi connectivity index (χ2v) is 6.11. The number of anilines is 1. The normalized spacial score (nSPS) is 12.1. The third kappa shape index (κ3) is 4.71. The van der Waals surface area contributed by atoms with Gasteiger partial charge in [-0.25, -0.2) is 0 Å². The molecule has 0 spiro atoms. The van der Waals surface area contributed by atoms with Gasteiger partial charge in [-0.2, -0.15) is 4.98 Å². The van der Waals surface area contributed by atoms with E-state index in [1.807, 2.05) is 45.0 Å². The van der Waals surface area contributed by atoms with Gasteiger partial charge in [0.2, 0.25) is 5.89 Å². The predicted molar refractivity (Wildman–Crippen MR) is 91.1 cm³/mol. The molecular weight excluding hydrogens is 308 g/mol. The van der Waals surface area contributed by atoms with Crippen LogP contribution in [0.2, 0.25) is 0 Å². The smallest absolute Gasteiger partial charge is 0.259 e. The largest absolute Gasteiger partial charge is 0.484 e. The zero-order valence-corrected chi connectivity index (χ0v) is 14.7. The lowest BCUT2D eigenvalue weighted by Gasteiger charge is -2.13. The van der Waals surface area contributed by atoms with Gasteiger partial charge in [0.25, 0.3) is 5.91 Å². The fourth-order valence-corrected chi connectivity index (χ4v) is 1.89. The van der Waals surface area contributed by atoms with Crippen LogP contribution in [-0.2, 0) is 4.79 Å². The van der Waals surface area contributed by atoms with Crippen molar-refractivity contribution in [2.75, 3.05) is 26.0 Å². The Balaban J connectivity index is 1.91. The topological polar surface area (TPSA) is 80.5 Å². The van der Waals surface area contributed by atoms with Gasteiger partial charge in [-0.3, -0.25) is 4.79 Å². The molecule has 0 saturated carbocycles. The number of hydrogen-bond donors (Lipinski definition) is 1. The summed E-state index contributed by atoms with van der Waals surface area (Å²) in [6, 6.07) is 7.28. The first-order valence-electron chi connectivity index (χ1n) is 7.90. The molecule has 0 saturated heterocycles. The van der Waals surface area contributed by atoms with Crippen molar-refractivity contribution in [3.63, 3.8) is 0 Å². The summed E-state index contributed by atoms with van der Waals surface area (Å²) < 4.78 is 10.7. The molecular formula is C17H24N4O3. The Bertz CT molecular complexity index is 665. The lowest BCUT2D eigenvalue weighted by molar-refractivity contribution is -0.130. The van der Waals surface area contributed by atoms with Crippen molar-refractivity contribution < 1.29 is 14.1 Å². The number of carbonyl (C=O) groups excluding carboxylic acids is 1. The Kier molecular flexibility index (Phi) is 5.78. The number of rotatable bonds is 7. The van der Waals surface area contributed by atoms with Gasteiger partial charge in [-0.05, 0) is 31.2 Å². The maximum Gasteiger partial charge on any atom is 0.259 e. The molecule has 1 aromatic heterocycles. The van der Waals surface area contributed by atoms with Crippen molar-refractivity contribution in [2.24, 2.45) is 0 Å². The van der Waals surface area contributed by atoms with Crippen LogP contribution in [0.25, 0.3) is 0 Å². The Morgan fingerprint density at radius 3 is 2.46 bits per heavy atom. The van der Waals surface area contributed by atoms with Gasteiger partial charge >= 0.3 is 0 Å². The average molecular weight is 332 g/mol. The third-order valence-electron chi connectivity index (χ3n) is 3.44. The molecule has 1 heterocycles. The lowest BCUT2D eigenvalue weighted by Crippen LogP contribution is -2.27. The Morgan fingerprint density at radius 2 is 1.92 bits per heavy atom. The van der Waals surface area contributed by atoms with Crippen molar-refractivity contribution in [1.29, 1.82) is 0 Å². The van der Waals surface area contributed by atoms with E-state index in [2.05, 4.69) is 15.5 Å². The minimum atomic E-state index is -0.105. The lowest BCUT2D eigenvalue weighted by atomic mass is 10.2. The highest BCUT2D eigenvalue weighted by Gasteiger charge is 2.15. The molecule has 24 heavy (non-hydrogen) atoms. The molecule has 130 valence electrons. The monoisotopic (exact) mass is 332 g/mol. The van der Waals surface area contributed by atoms with Crippen molar-refractivity contribution in [3.05, 3.63) is 36.0 Å². The molecule has 7 nitrogen and oxygen atoms in total. The van der Waals surface area contributed by atoms with Gasteiger partial charge < -0.3 is 19.5 Å². The van der Waals surface area contributed by atoms with Crippen LogP contribution < -0.4 is 10.1 Å². The summed E-state index contributed by atoms with van der Waals surface area (Å²) >= 11 is 0. The maximum atomic E-state index is 11.5. The Labute approximate surface area is 142 Å². The van der Waals surface area contributed by atoms with E-state index in [0.29, 0.717) is 17.5 Å². The average Bonchev–Trinajstić information content (AvgIpc) is 3.04. The molecule has 0 unspecified atom stereocenters. The summed E-state index contributed by atoms with van der Waals surface area (Å²) in [7, 11) is 3.39. The number of hydrogen-bond acceptors (Lipinski definition) is 6. The highest BCUT2D eigenvalue weighted by molar-refractivity contribution is 5.77. The predicted octanol–water partition coefficient (Wildman–Crippen LogP) is 2.83. The van der Waals surface area contributed by atoms with Crippen LogP contribution in [0.15, 0.2) is 28.8 Å². The fourth-order valence-electron chi connectivity index (χ4n) is 1.89. The minimum Gasteiger partial charge on any atom is -0.484 e. The second-order valence-electron chi connectivity index (χ2n) is 6.11. The second kappa shape index (κ2) is 7.81. The maximum absolute atomic E-state index is 11.5. The number of ether oxygens (including phenoxy) is 1. The molecule has 2 rings (SSSR count). The molecule has 0 aliphatic rings. The first-order chi connectivity index (χ1) is 11.4. The van der Waals surface area contributed by atoms with Gasteiger partial charge in [-0.15, -0.1) is 0 Å². The SMILES string of the molecule is CC(C)c1noc([C@H](C)Nc2ccc(OCC(=O)N(C)C)cc2)n1. The van der Waals surface area contributed by atoms with E-state index in [4.69, 9.17) is 9.26 Å². The summed E-state index contributed by atoms with van der Waals surface area (Å²) in [5, 5.41) is 7.26. The first-order valence-corrected chi connectivity index (χ1v) is 7.90. The summed E-state index contributed by atoms with van der Waals surface area (Å²) in [5.74, 6) is 2.05. The number of likely N-dealkylation sites (N-methyl/N-ethyl adjacent to an activating group) is 1. The van der Waals surface area contributed by atoms with Crippen LogP contribution in [0.3, 0.4) is 0 Å². The molecule has 0 aliphatic carbocycles. The summed E-state index contributed by atoms with van der Waals surface area (Å²) in [6.07, 6.45) is 0. The van der Waals surface area contributed by atoms with Crippen LogP contribution in [0, 0.1) is 0 Å². The zero-order valence-electron chi connectivity index (χ0n) is 14.7. The van der Waals surface area contributed by atoms with Crippen LogP contribution in [0.1, 0.15) is 44.4 Å². The Morgan fingerprint density at radius 1 is 1.25 bits per heavy atom. The number of nitrogens with zero attached hydrogens (tertiary/aromatic N) is 3. The molecule has 2 aromatic rings. The standard InChI is InChI=1S/C17H24N4O3/c1-11(2)16-19-17(24-20-16)12(3)18-13-6-8-14(9-7-13)23-10-15(22)21(4)5/h6-9,11-12,18H,10H2,1-5H3/t12-/m0/s1.